The Balaban J connectivity index is 1.60. The number of methoxy groups -OCH3 is 1. The predicted octanol–water partition coefficient (Wildman–Crippen LogP) is 6.81. The monoisotopic (exact) mass is 504 g/mol. The number of ether oxygens (including phenoxy) is 1. The lowest BCUT2D eigenvalue weighted by Crippen LogP contribution is -2.38. The average molecular weight is 505 g/mol. The summed E-state index contributed by atoms with van der Waals surface area (Å²) in [6.45, 7) is 1.99. The standard InChI is InChI=1S/C32H28N2O4/c1-20-13-15-21(16-14-20)32(36)34-26-10-5-4-9-24(26)33-25-18-22(28-12-7-17-38-28)19-27(35)30(25)31(34)23-8-3-6-11-29(23)37-2/h3-17,22,31,33H,18-19H2,1-2H3. The number of allylic oxidation sites excluding steroid dienone is 1. The van der Waals surface area contributed by atoms with Gasteiger partial charge in [-0.25, -0.2) is 0 Å². The van der Waals surface area contributed by atoms with E-state index in [1.54, 1.807) is 18.3 Å². The molecule has 2 heterocycles. The van der Waals surface area contributed by atoms with E-state index >= 15 is 0 Å². The van der Waals surface area contributed by atoms with Crippen molar-refractivity contribution in [2.75, 3.05) is 17.3 Å². The molecule has 190 valence electrons. The lowest BCUT2D eigenvalue weighted by atomic mass is 9.79. The highest BCUT2D eigenvalue weighted by atomic mass is 16.5. The number of rotatable bonds is 4. The molecule has 0 spiro atoms. The molecule has 4 aromatic rings. The SMILES string of the molecule is COc1ccccc1C1C2=C(CC(c3ccco3)CC2=O)Nc2ccccc2N1C(=O)c1ccc(C)cc1. The van der Waals surface area contributed by atoms with Crippen molar-refractivity contribution in [3.63, 3.8) is 0 Å². The molecule has 2 aliphatic rings. The average Bonchev–Trinajstić information content (AvgIpc) is 3.43. The molecular weight excluding hydrogens is 476 g/mol. The number of ketones is 1. The number of Topliss-reactive ketones (excluding diaryl/α,β-unsaturated/α-hetero) is 1. The molecule has 1 aromatic heterocycles. The van der Waals surface area contributed by atoms with Crippen LogP contribution >= 0.6 is 0 Å². The summed E-state index contributed by atoms with van der Waals surface area (Å²) >= 11 is 0. The summed E-state index contributed by atoms with van der Waals surface area (Å²) in [4.78, 5) is 30.2. The molecule has 0 saturated heterocycles. The molecular formula is C32H28N2O4. The van der Waals surface area contributed by atoms with E-state index in [9.17, 15) is 9.59 Å². The number of nitrogens with zero attached hydrogens (tertiary/aromatic N) is 1. The van der Waals surface area contributed by atoms with Crippen LogP contribution in [0.2, 0.25) is 0 Å². The first kappa shape index (κ1) is 23.8. The Labute approximate surface area is 221 Å². The smallest absolute Gasteiger partial charge is 0.259 e. The molecule has 0 radical (unpaired) electrons. The van der Waals surface area contributed by atoms with Crippen molar-refractivity contribution in [2.45, 2.75) is 31.7 Å². The van der Waals surface area contributed by atoms with Crippen LogP contribution in [0.4, 0.5) is 11.4 Å². The van der Waals surface area contributed by atoms with E-state index in [4.69, 9.17) is 9.15 Å². The zero-order valence-corrected chi connectivity index (χ0v) is 21.3. The van der Waals surface area contributed by atoms with Gasteiger partial charge in [0.05, 0.1) is 30.8 Å². The van der Waals surface area contributed by atoms with Crippen molar-refractivity contribution in [3.8, 4) is 5.75 Å². The molecule has 1 aliphatic heterocycles. The Kier molecular flexibility index (Phi) is 6.08. The molecule has 6 heteroatoms. The first-order valence-electron chi connectivity index (χ1n) is 12.7. The number of para-hydroxylation sites is 3. The summed E-state index contributed by atoms with van der Waals surface area (Å²) in [5.41, 5.74) is 5.21. The number of hydrogen-bond acceptors (Lipinski definition) is 5. The summed E-state index contributed by atoms with van der Waals surface area (Å²) in [6.07, 6.45) is 2.52. The molecule has 0 saturated carbocycles. The van der Waals surface area contributed by atoms with Crippen LogP contribution < -0.4 is 15.0 Å². The van der Waals surface area contributed by atoms with Crippen LogP contribution in [0.25, 0.3) is 0 Å². The third-order valence-corrected chi connectivity index (χ3v) is 7.39. The Morgan fingerprint density at radius 2 is 1.71 bits per heavy atom. The number of nitrogens with one attached hydrogen (secondary N) is 1. The predicted molar refractivity (Wildman–Crippen MR) is 147 cm³/mol. The van der Waals surface area contributed by atoms with Crippen LogP contribution in [0, 0.1) is 6.92 Å². The van der Waals surface area contributed by atoms with Gasteiger partial charge in [-0.1, -0.05) is 48.0 Å². The first-order chi connectivity index (χ1) is 18.5. The van der Waals surface area contributed by atoms with Crippen molar-refractivity contribution in [1.82, 2.24) is 0 Å². The summed E-state index contributed by atoms with van der Waals surface area (Å²) in [5.74, 6) is 1.10. The highest BCUT2D eigenvalue weighted by Crippen LogP contribution is 2.49. The number of anilines is 2. The lowest BCUT2D eigenvalue weighted by Gasteiger charge is -2.35. The molecule has 6 nitrogen and oxygen atoms in total. The maximum Gasteiger partial charge on any atom is 0.259 e. The second kappa shape index (κ2) is 9.71. The summed E-state index contributed by atoms with van der Waals surface area (Å²) < 4.78 is 11.5. The molecule has 1 amide bonds. The number of amides is 1. The zero-order valence-electron chi connectivity index (χ0n) is 21.3. The number of benzene rings is 3. The van der Waals surface area contributed by atoms with Gasteiger partial charge in [0, 0.05) is 34.7 Å². The maximum atomic E-state index is 14.4. The van der Waals surface area contributed by atoms with Crippen molar-refractivity contribution < 1.29 is 18.7 Å². The largest absolute Gasteiger partial charge is 0.496 e. The van der Waals surface area contributed by atoms with E-state index in [2.05, 4.69) is 5.32 Å². The van der Waals surface area contributed by atoms with Crippen LogP contribution in [0.5, 0.6) is 5.75 Å². The summed E-state index contributed by atoms with van der Waals surface area (Å²) in [6, 6.07) is 25.9. The number of hydrogen-bond donors (Lipinski definition) is 1. The molecule has 38 heavy (non-hydrogen) atoms. The highest BCUT2D eigenvalue weighted by Gasteiger charge is 2.43. The van der Waals surface area contributed by atoms with E-state index in [0.717, 1.165) is 28.3 Å². The van der Waals surface area contributed by atoms with Gasteiger partial charge < -0.3 is 14.5 Å². The van der Waals surface area contributed by atoms with Crippen LogP contribution in [0.15, 0.2) is 107 Å². The second-order valence-corrected chi connectivity index (χ2v) is 9.76. The van der Waals surface area contributed by atoms with Crippen molar-refractivity contribution in [1.29, 1.82) is 0 Å². The van der Waals surface area contributed by atoms with Crippen LogP contribution in [0.3, 0.4) is 0 Å². The normalized spacial score (nSPS) is 18.8. The van der Waals surface area contributed by atoms with E-state index in [-0.39, 0.29) is 17.6 Å². The third kappa shape index (κ3) is 4.08. The van der Waals surface area contributed by atoms with Crippen molar-refractivity contribution in [3.05, 3.63) is 125 Å². The van der Waals surface area contributed by atoms with Gasteiger partial charge in [-0.15, -0.1) is 0 Å². The Morgan fingerprint density at radius 1 is 0.947 bits per heavy atom. The number of carbonyl (C=O) groups is 2. The van der Waals surface area contributed by atoms with Gasteiger partial charge in [-0.3, -0.25) is 14.5 Å². The van der Waals surface area contributed by atoms with Gasteiger partial charge in [-0.2, -0.15) is 0 Å². The fraction of sp³-hybridized carbons (Fsp3) is 0.188. The summed E-state index contributed by atoms with van der Waals surface area (Å²) in [7, 11) is 1.61. The van der Waals surface area contributed by atoms with Crippen molar-refractivity contribution in [2.24, 2.45) is 0 Å². The quantitative estimate of drug-likeness (QED) is 0.331. The van der Waals surface area contributed by atoms with Gasteiger partial charge in [0.2, 0.25) is 0 Å². The number of carbonyl (C=O) groups excluding carboxylic acids is 2. The van der Waals surface area contributed by atoms with Gasteiger partial charge in [-0.05, 0) is 55.8 Å². The maximum absolute atomic E-state index is 14.4. The van der Waals surface area contributed by atoms with E-state index in [1.165, 1.54) is 0 Å². The number of aryl methyl sites for hydroxylation is 1. The Bertz CT molecular complexity index is 1540. The Morgan fingerprint density at radius 3 is 2.47 bits per heavy atom. The number of furan rings is 1. The fourth-order valence-electron chi connectivity index (χ4n) is 5.56. The molecule has 6 rings (SSSR count). The summed E-state index contributed by atoms with van der Waals surface area (Å²) in [5, 5.41) is 3.55. The lowest BCUT2D eigenvalue weighted by molar-refractivity contribution is -0.116. The minimum Gasteiger partial charge on any atom is -0.496 e. The van der Waals surface area contributed by atoms with Crippen molar-refractivity contribution >= 4 is 23.1 Å². The minimum atomic E-state index is -0.684. The van der Waals surface area contributed by atoms with Crippen LogP contribution in [-0.2, 0) is 4.79 Å². The van der Waals surface area contributed by atoms with Gasteiger partial charge in [0.15, 0.2) is 5.78 Å². The zero-order chi connectivity index (χ0) is 26.2. The van der Waals surface area contributed by atoms with E-state index in [0.29, 0.717) is 35.4 Å². The first-order valence-corrected chi connectivity index (χ1v) is 12.7. The molecule has 0 bridgehead atoms. The van der Waals surface area contributed by atoms with E-state index in [1.807, 2.05) is 91.9 Å². The molecule has 1 aliphatic carbocycles. The second-order valence-electron chi connectivity index (χ2n) is 9.76. The molecule has 3 aromatic carbocycles. The van der Waals surface area contributed by atoms with Gasteiger partial charge in [0.1, 0.15) is 11.5 Å². The number of fused-ring (bicyclic) bond motifs is 1. The van der Waals surface area contributed by atoms with Crippen LogP contribution in [0.1, 0.15) is 52.0 Å². The minimum absolute atomic E-state index is 0.0226. The molecule has 0 fully saturated rings. The van der Waals surface area contributed by atoms with Crippen LogP contribution in [-0.4, -0.2) is 18.8 Å². The highest BCUT2D eigenvalue weighted by molar-refractivity contribution is 6.12. The molecule has 1 N–H and O–H groups in total. The van der Waals surface area contributed by atoms with Gasteiger partial charge in [0.25, 0.3) is 5.91 Å². The fourth-order valence-corrected chi connectivity index (χ4v) is 5.56. The third-order valence-electron chi connectivity index (χ3n) is 7.39. The van der Waals surface area contributed by atoms with E-state index < -0.39 is 6.04 Å². The molecule has 2 unspecified atom stereocenters. The Hall–Kier alpha value is -4.58. The van der Waals surface area contributed by atoms with Gasteiger partial charge >= 0.3 is 0 Å². The topological polar surface area (TPSA) is 71.8 Å². The molecule has 2 atom stereocenters.